The number of esters is 1. The van der Waals surface area contributed by atoms with Crippen LogP contribution in [0.15, 0.2) is 48.5 Å². The van der Waals surface area contributed by atoms with Crippen molar-refractivity contribution in [3.8, 4) is 5.75 Å². The number of para-hydroxylation sites is 1. The fourth-order valence-electron chi connectivity index (χ4n) is 2.31. The Labute approximate surface area is 174 Å². The molecule has 2 amide bonds. The van der Waals surface area contributed by atoms with Crippen LogP contribution < -0.4 is 15.4 Å². The highest BCUT2D eigenvalue weighted by atomic mass is 35.5. The molecule has 29 heavy (non-hydrogen) atoms. The summed E-state index contributed by atoms with van der Waals surface area (Å²) in [5, 5.41) is 5.65. The molecule has 0 fully saturated rings. The number of benzene rings is 2. The number of ether oxygens (including phenoxy) is 2. The lowest BCUT2D eigenvalue weighted by atomic mass is 10.2. The third-order valence-corrected chi connectivity index (χ3v) is 3.90. The smallest absolute Gasteiger partial charge is 0.342 e. The Morgan fingerprint density at radius 2 is 1.69 bits per heavy atom. The second kappa shape index (κ2) is 11.1. The van der Waals surface area contributed by atoms with E-state index in [-0.39, 0.29) is 30.7 Å². The first-order chi connectivity index (χ1) is 13.8. The van der Waals surface area contributed by atoms with Gasteiger partial charge in [0.1, 0.15) is 17.9 Å². The maximum absolute atomic E-state index is 12.3. The lowest BCUT2D eigenvalue weighted by Crippen LogP contribution is -2.41. The molecule has 0 aliphatic rings. The van der Waals surface area contributed by atoms with E-state index in [4.69, 9.17) is 21.1 Å². The molecule has 8 heteroatoms. The van der Waals surface area contributed by atoms with Gasteiger partial charge in [-0.15, -0.1) is 0 Å². The molecule has 7 nitrogen and oxygen atoms in total. The van der Waals surface area contributed by atoms with Gasteiger partial charge in [0.2, 0.25) is 5.91 Å². The van der Waals surface area contributed by atoms with Gasteiger partial charge < -0.3 is 20.1 Å². The SMILES string of the molecule is CC(C)NC(=O)CNC(=O)COC(=O)c1ccccc1OCc1ccc(Cl)cc1. The van der Waals surface area contributed by atoms with Crippen molar-refractivity contribution in [3.05, 3.63) is 64.7 Å². The second-order valence-corrected chi connectivity index (χ2v) is 6.92. The number of hydrogen-bond donors (Lipinski definition) is 2. The van der Waals surface area contributed by atoms with E-state index in [0.29, 0.717) is 10.8 Å². The molecule has 0 saturated heterocycles. The van der Waals surface area contributed by atoms with Gasteiger partial charge in [-0.2, -0.15) is 0 Å². The van der Waals surface area contributed by atoms with Crippen LogP contribution in [0.5, 0.6) is 5.75 Å². The first-order valence-electron chi connectivity index (χ1n) is 9.04. The minimum Gasteiger partial charge on any atom is -0.488 e. The first kappa shape index (κ1) is 22.2. The zero-order chi connectivity index (χ0) is 21.2. The highest BCUT2D eigenvalue weighted by Gasteiger charge is 2.16. The highest BCUT2D eigenvalue weighted by molar-refractivity contribution is 6.30. The molecule has 2 aromatic rings. The largest absolute Gasteiger partial charge is 0.488 e. The molecule has 0 aliphatic carbocycles. The van der Waals surface area contributed by atoms with Crippen molar-refractivity contribution in [2.24, 2.45) is 0 Å². The molecular weight excluding hydrogens is 396 g/mol. The van der Waals surface area contributed by atoms with Gasteiger partial charge >= 0.3 is 5.97 Å². The minimum atomic E-state index is -0.696. The number of carbonyl (C=O) groups excluding carboxylic acids is 3. The fourth-order valence-corrected chi connectivity index (χ4v) is 2.44. The van der Waals surface area contributed by atoms with Gasteiger partial charge in [-0.3, -0.25) is 9.59 Å². The van der Waals surface area contributed by atoms with Crippen LogP contribution in [0.25, 0.3) is 0 Å². The Morgan fingerprint density at radius 3 is 2.38 bits per heavy atom. The molecular formula is C21H23ClN2O5. The fraction of sp³-hybridized carbons (Fsp3) is 0.286. The van der Waals surface area contributed by atoms with Crippen LogP contribution in [0.4, 0.5) is 0 Å². The Bertz CT molecular complexity index is 852. The van der Waals surface area contributed by atoms with E-state index in [0.717, 1.165) is 5.56 Å². The summed E-state index contributed by atoms with van der Waals surface area (Å²) in [6, 6.07) is 13.7. The Hall–Kier alpha value is -3.06. The summed E-state index contributed by atoms with van der Waals surface area (Å²) in [5.74, 6) is -1.25. The van der Waals surface area contributed by atoms with E-state index < -0.39 is 18.5 Å². The average Bonchev–Trinajstić information content (AvgIpc) is 2.70. The quantitative estimate of drug-likeness (QED) is 0.611. The average molecular weight is 419 g/mol. The molecule has 0 saturated carbocycles. The minimum absolute atomic E-state index is 0.0263. The summed E-state index contributed by atoms with van der Waals surface area (Å²) in [7, 11) is 0. The predicted octanol–water partition coefficient (Wildman–Crippen LogP) is 2.72. The molecule has 0 heterocycles. The number of carbonyl (C=O) groups is 3. The zero-order valence-electron chi connectivity index (χ0n) is 16.2. The van der Waals surface area contributed by atoms with Crippen LogP contribution in [0, 0.1) is 0 Å². The number of halogens is 1. The van der Waals surface area contributed by atoms with Crippen LogP contribution in [0.1, 0.15) is 29.8 Å². The summed E-state index contributed by atoms with van der Waals surface area (Å²) in [6.07, 6.45) is 0. The molecule has 0 unspecified atom stereocenters. The third-order valence-electron chi connectivity index (χ3n) is 3.64. The van der Waals surface area contributed by atoms with Gasteiger partial charge in [0, 0.05) is 11.1 Å². The molecule has 154 valence electrons. The van der Waals surface area contributed by atoms with Crippen LogP contribution in [-0.4, -0.2) is 37.0 Å². The number of rotatable bonds is 9. The molecule has 2 aromatic carbocycles. The molecule has 0 atom stereocenters. The van der Waals surface area contributed by atoms with Crippen molar-refractivity contribution in [3.63, 3.8) is 0 Å². The van der Waals surface area contributed by atoms with E-state index in [2.05, 4.69) is 10.6 Å². The van der Waals surface area contributed by atoms with Crippen LogP contribution >= 0.6 is 11.6 Å². The van der Waals surface area contributed by atoms with E-state index in [9.17, 15) is 14.4 Å². The van der Waals surface area contributed by atoms with Gasteiger partial charge in [0.25, 0.3) is 5.91 Å². The maximum Gasteiger partial charge on any atom is 0.342 e. The number of hydrogen-bond acceptors (Lipinski definition) is 5. The van der Waals surface area contributed by atoms with Crippen molar-refractivity contribution in [2.45, 2.75) is 26.5 Å². The van der Waals surface area contributed by atoms with Gasteiger partial charge in [0.05, 0.1) is 6.54 Å². The second-order valence-electron chi connectivity index (χ2n) is 6.49. The summed E-state index contributed by atoms with van der Waals surface area (Å²) in [6.45, 7) is 3.18. The normalized spacial score (nSPS) is 10.3. The zero-order valence-corrected chi connectivity index (χ0v) is 17.0. The molecule has 0 radical (unpaired) electrons. The first-order valence-corrected chi connectivity index (χ1v) is 9.42. The lowest BCUT2D eigenvalue weighted by Gasteiger charge is -2.12. The van der Waals surface area contributed by atoms with Crippen molar-refractivity contribution >= 4 is 29.4 Å². The van der Waals surface area contributed by atoms with Crippen LogP contribution in [0.2, 0.25) is 5.02 Å². The van der Waals surface area contributed by atoms with Crippen LogP contribution in [0.3, 0.4) is 0 Å². The van der Waals surface area contributed by atoms with Gasteiger partial charge in [-0.1, -0.05) is 35.9 Å². The summed E-state index contributed by atoms with van der Waals surface area (Å²) < 4.78 is 10.7. The maximum atomic E-state index is 12.3. The van der Waals surface area contributed by atoms with E-state index in [1.165, 1.54) is 0 Å². The summed E-state index contributed by atoms with van der Waals surface area (Å²) >= 11 is 5.86. The Balaban J connectivity index is 1.86. The molecule has 0 aliphatic heterocycles. The van der Waals surface area contributed by atoms with E-state index in [1.54, 1.807) is 36.4 Å². The van der Waals surface area contributed by atoms with Crippen molar-refractivity contribution in [1.82, 2.24) is 10.6 Å². The highest BCUT2D eigenvalue weighted by Crippen LogP contribution is 2.21. The predicted molar refractivity (Wildman–Crippen MR) is 109 cm³/mol. The monoisotopic (exact) mass is 418 g/mol. The summed E-state index contributed by atoms with van der Waals surface area (Å²) in [4.78, 5) is 35.6. The molecule has 2 N–H and O–H groups in total. The summed E-state index contributed by atoms with van der Waals surface area (Å²) in [5.41, 5.74) is 1.09. The molecule has 2 rings (SSSR count). The molecule has 0 bridgehead atoms. The standard InChI is InChI=1S/C21H23ClN2O5/c1-14(2)24-19(25)11-23-20(26)13-29-21(27)17-5-3-4-6-18(17)28-12-15-7-9-16(22)10-8-15/h3-10,14H,11-13H2,1-2H3,(H,23,26)(H,24,25). The molecule has 0 aromatic heterocycles. The van der Waals surface area contributed by atoms with Crippen molar-refractivity contribution < 1.29 is 23.9 Å². The lowest BCUT2D eigenvalue weighted by molar-refractivity contribution is -0.128. The molecule has 0 spiro atoms. The Morgan fingerprint density at radius 1 is 1.00 bits per heavy atom. The number of amides is 2. The topological polar surface area (TPSA) is 93.7 Å². The van der Waals surface area contributed by atoms with Crippen LogP contribution in [-0.2, 0) is 20.9 Å². The van der Waals surface area contributed by atoms with E-state index >= 15 is 0 Å². The van der Waals surface area contributed by atoms with Crippen molar-refractivity contribution in [2.75, 3.05) is 13.2 Å². The van der Waals surface area contributed by atoms with Gasteiger partial charge in [0.15, 0.2) is 6.61 Å². The van der Waals surface area contributed by atoms with Crippen molar-refractivity contribution in [1.29, 1.82) is 0 Å². The number of nitrogens with one attached hydrogen (secondary N) is 2. The van der Waals surface area contributed by atoms with Gasteiger partial charge in [-0.25, -0.2) is 4.79 Å². The van der Waals surface area contributed by atoms with E-state index in [1.807, 2.05) is 26.0 Å². The van der Waals surface area contributed by atoms with Gasteiger partial charge in [-0.05, 0) is 43.7 Å². The third kappa shape index (κ3) is 7.83. The Kier molecular flexibility index (Phi) is 8.48.